The van der Waals surface area contributed by atoms with Gasteiger partial charge in [0.25, 0.3) is 0 Å². The minimum absolute atomic E-state index is 0.210. The van der Waals surface area contributed by atoms with Gasteiger partial charge in [-0.15, -0.1) is 0 Å². The van der Waals surface area contributed by atoms with Crippen molar-refractivity contribution in [2.24, 2.45) is 7.05 Å². The van der Waals surface area contributed by atoms with Gasteiger partial charge in [0.15, 0.2) is 0 Å². The van der Waals surface area contributed by atoms with Gasteiger partial charge >= 0.3 is 0 Å². The number of aryl methyl sites for hydroxylation is 3. The van der Waals surface area contributed by atoms with E-state index in [0.717, 1.165) is 33.9 Å². The fourth-order valence-corrected chi connectivity index (χ4v) is 2.68. The lowest BCUT2D eigenvalue weighted by molar-refractivity contribution is 0.505. The number of anilines is 1. The first-order valence-corrected chi connectivity index (χ1v) is 7.19. The summed E-state index contributed by atoms with van der Waals surface area (Å²) in [6, 6.07) is 5.94. The molecule has 2 N–H and O–H groups in total. The summed E-state index contributed by atoms with van der Waals surface area (Å²) < 4.78 is 7.34. The number of pyridine rings is 1. The Balaban J connectivity index is 2.29. The van der Waals surface area contributed by atoms with Gasteiger partial charge in [-0.1, -0.05) is 0 Å². The average Bonchev–Trinajstić information content (AvgIpc) is 3.01. The van der Waals surface area contributed by atoms with Crippen molar-refractivity contribution in [3.63, 3.8) is 0 Å². The van der Waals surface area contributed by atoms with E-state index in [2.05, 4.69) is 16.2 Å². The Morgan fingerprint density at radius 2 is 1.91 bits per heavy atom. The second-order valence-electron chi connectivity index (χ2n) is 5.52. The van der Waals surface area contributed by atoms with Crippen LogP contribution in [0.4, 0.5) is 5.82 Å². The van der Waals surface area contributed by atoms with Crippen molar-refractivity contribution in [2.45, 2.75) is 20.8 Å². The van der Waals surface area contributed by atoms with Gasteiger partial charge in [0.2, 0.25) is 0 Å². The molecule has 3 rings (SSSR count). The summed E-state index contributed by atoms with van der Waals surface area (Å²) in [6.45, 7) is 5.72. The molecular formula is C17H17N5O. The van der Waals surface area contributed by atoms with Crippen LogP contribution in [-0.2, 0) is 7.05 Å². The van der Waals surface area contributed by atoms with Crippen LogP contribution < -0.4 is 5.73 Å². The summed E-state index contributed by atoms with van der Waals surface area (Å²) in [5.74, 6) is 1.79. The normalized spacial score (nSPS) is 10.7. The lowest BCUT2D eigenvalue weighted by Crippen LogP contribution is -2.00. The quantitative estimate of drug-likeness (QED) is 0.785. The summed E-state index contributed by atoms with van der Waals surface area (Å²) in [7, 11) is 1.86. The number of nitriles is 1. The fraction of sp³-hybridized carbons (Fsp3) is 0.235. The van der Waals surface area contributed by atoms with Crippen LogP contribution in [0, 0.1) is 32.1 Å². The van der Waals surface area contributed by atoms with Gasteiger partial charge in [0.05, 0.1) is 11.9 Å². The molecule has 0 unspecified atom stereocenters. The van der Waals surface area contributed by atoms with Crippen molar-refractivity contribution in [3.8, 4) is 28.5 Å². The van der Waals surface area contributed by atoms with E-state index in [1.807, 2.05) is 40.0 Å². The van der Waals surface area contributed by atoms with E-state index in [4.69, 9.17) is 10.2 Å². The highest BCUT2D eigenvalue weighted by atomic mass is 16.3. The summed E-state index contributed by atoms with van der Waals surface area (Å²) in [4.78, 5) is 4.38. The Bertz CT molecular complexity index is 943. The Hall–Kier alpha value is -3.07. The number of nitrogen functional groups attached to an aromatic ring is 1. The second kappa shape index (κ2) is 5.29. The van der Waals surface area contributed by atoms with Crippen LogP contribution in [-0.4, -0.2) is 14.8 Å². The number of nitrogens with two attached hydrogens (primary N) is 1. The summed E-state index contributed by atoms with van der Waals surface area (Å²) in [6.07, 6.45) is 1.74. The van der Waals surface area contributed by atoms with E-state index >= 15 is 0 Å². The largest absolute Gasteiger partial charge is 0.466 e. The van der Waals surface area contributed by atoms with Crippen LogP contribution in [0.2, 0.25) is 0 Å². The van der Waals surface area contributed by atoms with Gasteiger partial charge in [-0.2, -0.15) is 10.4 Å². The lowest BCUT2D eigenvalue weighted by Gasteiger charge is -2.09. The molecule has 0 aliphatic heterocycles. The molecule has 3 aromatic rings. The minimum atomic E-state index is 0.210. The van der Waals surface area contributed by atoms with Crippen LogP contribution in [0.3, 0.4) is 0 Å². The molecule has 0 aromatic carbocycles. The molecule has 0 fully saturated rings. The highest BCUT2D eigenvalue weighted by Gasteiger charge is 2.18. The molecule has 3 aromatic heterocycles. The third kappa shape index (κ3) is 2.36. The standard InChI is InChI=1S/C17H17N5O/c1-9-5-12(11(3)23-9)16-6-13(14(7-18)17(19)21-16)15-8-20-22(4)10(15)2/h5-6,8H,1-4H3,(H2,19,21). The topological polar surface area (TPSA) is 93.7 Å². The molecule has 3 heterocycles. The van der Waals surface area contributed by atoms with Crippen LogP contribution >= 0.6 is 0 Å². The number of hydrogen-bond donors (Lipinski definition) is 1. The predicted octanol–water partition coefficient (Wildman–Crippen LogP) is 3.12. The molecular weight excluding hydrogens is 290 g/mol. The zero-order valence-electron chi connectivity index (χ0n) is 13.5. The van der Waals surface area contributed by atoms with Crippen molar-refractivity contribution in [2.75, 3.05) is 5.73 Å². The van der Waals surface area contributed by atoms with E-state index in [1.54, 1.807) is 10.9 Å². The molecule has 0 atom stereocenters. The molecule has 0 aliphatic rings. The van der Waals surface area contributed by atoms with Crippen LogP contribution in [0.5, 0.6) is 0 Å². The maximum atomic E-state index is 9.46. The summed E-state index contributed by atoms with van der Waals surface area (Å²) in [5, 5.41) is 13.7. The molecule has 0 saturated carbocycles. The van der Waals surface area contributed by atoms with Gasteiger partial charge in [0.1, 0.15) is 29.0 Å². The molecule has 0 radical (unpaired) electrons. The zero-order valence-corrected chi connectivity index (χ0v) is 13.5. The maximum Gasteiger partial charge on any atom is 0.142 e. The van der Waals surface area contributed by atoms with Gasteiger partial charge in [-0.05, 0) is 32.9 Å². The smallest absolute Gasteiger partial charge is 0.142 e. The third-order valence-corrected chi connectivity index (χ3v) is 4.00. The Kier molecular flexibility index (Phi) is 3.41. The number of hydrogen-bond acceptors (Lipinski definition) is 5. The third-order valence-electron chi connectivity index (χ3n) is 4.00. The fourth-order valence-electron chi connectivity index (χ4n) is 2.68. The van der Waals surface area contributed by atoms with Crippen molar-refractivity contribution in [1.82, 2.24) is 14.8 Å². The van der Waals surface area contributed by atoms with Crippen molar-refractivity contribution < 1.29 is 4.42 Å². The predicted molar refractivity (Wildman–Crippen MR) is 87.5 cm³/mol. The first kappa shape index (κ1) is 14.9. The highest BCUT2D eigenvalue weighted by Crippen LogP contribution is 2.34. The first-order chi connectivity index (χ1) is 10.9. The van der Waals surface area contributed by atoms with Gasteiger partial charge < -0.3 is 10.2 Å². The Labute approximate surface area is 134 Å². The van der Waals surface area contributed by atoms with Crippen molar-refractivity contribution in [1.29, 1.82) is 5.26 Å². The molecule has 116 valence electrons. The SMILES string of the molecule is Cc1cc(-c2cc(-c3cnn(C)c3C)c(C#N)c(N)n2)c(C)o1. The first-order valence-electron chi connectivity index (χ1n) is 7.19. The molecule has 0 saturated heterocycles. The van der Waals surface area contributed by atoms with Crippen molar-refractivity contribution in [3.05, 3.63) is 41.1 Å². The molecule has 0 amide bonds. The monoisotopic (exact) mass is 307 g/mol. The summed E-state index contributed by atoms with van der Waals surface area (Å²) >= 11 is 0. The van der Waals surface area contributed by atoms with E-state index < -0.39 is 0 Å². The molecule has 6 heteroatoms. The van der Waals surface area contributed by atoms with Gasteiger partial charge in [0, 0.05) is 29.4 Å². The van der Waals surface area contributed by atoms with E-state index in [1.165, 1.54) is 0 Å². The second-order valence-corrected chi connectivity index (χ2v) is 5.52. The Morgan fingerprint density at radius 3 is 2.43 bits per heavy atom. The van der Waals surface area contributed by atoms with E-state index in [-0.39, 0.29) is 5.82 Å². The Morgan fingerprint density at radius 1 is 1.17 bits per heavy atom. The van der Waals surface area contributed by atoms with Crippen LogP contribution in [0.1, 0.15) is 22.8 Å². The van der Waals surface area contributed by atoms with Crippen LogP contribution in [0.15, 0.2) is 22.7 Å². The van der Waals surface area contributed by atoms with E-state index in [0.29, 0.717) is 11.3 Å². The van der Waals surface area contributed by atoms with Crippen molar-refractivity contribution >= 4 is 5.82 Å². The molecule has 6 nitrogen and oxygen atoms in total. The van der Waals surface area contributed by atoms with Crippen LogP contribution in [0.25, 0.3) is 22.4 Å². The molecule has 0 spiro atoms. The lowest BCUT2D eigenvalue weighted by atomic mass is 9.99. The number of aromatic nitrogens is 3. The average molecular weight is 307 g/mol. The number of nitrogens with zero attached hydrogens (tertiary/aromatic N) is 4. The summed E-state index contributed by atoms with van der Waals surface area (Å²) in [5.41, 5.74) is 10.5. The maximum absolute atomic E-state index is 9.46. The molecule has 23 heavy (non-hydrogen) atoms. The molecule has 0 aliphatic carbocycles. The zero-order chi connectivity index (χ0) is 16.7. The highest BCUT2D eigenvalue weighted by molar-refractivity contribution is 5.81. The van der Waals surface area contributed by atoms with Gasteiger partial charge in [-0.3, -0.25) is 4.68 Å². The number of rotatable bonds is 2. The van der Waals surface area contributed by atoms with Gasteiger partial charge in [-0.25, -0.2) is 4.98 Å². The number of furan rings is 1. The minimum Gasteiger partial charge on any atom is -0.466 e. The van der Waals surface area contributed by atoms with E-state index in [9.17, 15) is 5.26 Å². The molecule has 0 bridgehead atoms.